The molecule has 0 aliphatic carbocycles. The number of hydrogen-bond donors (Lipinski definition) is 0. The van der Waals surface area contributed by atoms with Crippen LogP contribution in [0.1, 0.15) is 17.5 Å². The van der Waals surface area contributed by atoms with Crippen LogP contribution in [0.3, 0.4) is 0 Å². The Balaban J connectivity index is 1.98. The number of Topliss-reactive ketones (excluding diaryl/α,β-unsaturated/α-hetero) is 1. The van der Waals surface area contributed by atoms with E-state index in [0.29, 0.717) is 25.9 Å². The van der Waals surface area contributed by atoms with Crippen LogP contribution < -0.4 is 0 Å². The van der Waals surface area contributed by atoms with E-state index in [0.717, 1.165) is 11.1 Å². The number of likely N-dealkylation sites (tertiary alicyclic amines) is 1. The van der Waals surface area contributed by atoms with Crippen LogP contribution in [-0.2, 0) is 16.0 Å². The Morgan fingerprint density at radius 1 is 1.35 bits per heavy atom. The zero-order valence-corrected chi connectivity index (χ0v) is 9.70. The summed E-state index contributed by atoms with van der Waals surface area (Å²) in [5.41, 5.74) is 1.89. The molecule has 0 bridgehead atoms. The molecular weight excluding hydrogens is 221 g/mol. The van der Waals surface area contributed by atoms with E-state index in [1.54, 1.807) is 11.0 Å². The van der Waals surface area contributed by atoms with Gasteiger partial charge in [0.2, 0.25) is 5.78 Å². The highest BCUT2D eigenvalue weighted by molar-refractivity contribution is 6.37. The number of amides is 1. The first-order valence-electron chi connectivity index (χ1n) is 5.65. The zero-order chi connectivity index (χ0) is 12.4. The number of ketones is 1. The van der Waals surface area contributed by atoms with Gasteiger partial charge in [-0.1, -0.05) is 6.07 Å². The molecular formula is C13H14FNO2. The number of aryl methyl sites for hydroxylation is 1. The predicted molar refractivity (Wildman–Crippen MR) is 61.0 cm³/mol. The number of carbonyl (C=O) groups is 2. The highest BCUT2D eigenvalue weighted by Crippen LogP contribution is 2.13. The minimum atomic E-state index is -0.384. The van der Waals surface area contributed by atoms with E-state index in [2.05, 4.69) is 0 Å². The molecule has 0 atom stereocenters. The number of carbonyl (C=O) groups excluding carboxylic acids is 2. The van der Waals surface area contributed by atoms with Crippen molar-refractivity contribution in [1.82, 2.24) is 4.90 Å². The minimum absolute atomic E-state index is 0.251. The summed E-state index contributed by atoms with van der Waals surface area (Å²) >= 11 is 0. The summed E-state index contributed by atoms with van der Waals surface area (Å²) < 4.78 is 12.9. The van der Waals surface area contributed by atoms with Crippen molar-refractivity contribution in [1.29, 1.82) is 0 Å². The number of hydrogen-bond acceptors (Lipinski definition) is 2. The smallest absolute Gasteiger partial charge is 0.290 e. The Labute approximate surface area is 99.2 Å². The molecule has 1 aliphatic heterocycles. The monoisotopic (exact) mass is 235 g/mol. The first-order valence-corrected chi connectivity index (χ1v) is 5.65. The molecule has 0 aromatic heterocycles. The Hall–Kier alpha value is -1.71. The van der Waals surface area contributed by atoms with Crippen LogP contribution in [0.15, 0.2) is 18.2 Å². The summed E-state index contributed by atoms with van der Waals surface area (Å²) in [6.07, 6.45) is 0.979. The molecule has 0 saturated carbocycles. The van der Waals surface area contributed by atoms with E-state index in [9.17, 15) is 14.0 Å². The molecule has 90 valence electrons. The van der Waals surface area contributed by atoms with Crippen LogP contribution in [0.25, 0.3) is 0 Å². The Bertz CT molecular complexity index is 470. The lowest BCUT2D eigenvalue weighted by Crippen LogP contribution is -2.29. The predicted octanol–water partition coefficient (Wildman–Crippen LogP) is 1.48. The molecule has 1 fully saturated rings. The van der Waals surface area contributed by atoms with Gasteiger partial charge in [-0.05, 0) is 36.6 Å². The van der Waals surface area contributed by atoms with Gasteiger partial charge in [0, 0.05) is 19.5 Å². The third-order valence-electron chi connectivity index (χ3n) is 3.09. The fourth-order valence-corrected chi connectivity index (χ4v) is 2.03. The first kappa shape index (κ1) is 11.8. The topological polar surface area (TPSA) is 37.4 Å². The minimum Gasteiger partial charge on any atom is -0.335 e. The summed E-state index contributed by atoms with van der Waals surface area (Å²) in [7, 11) is 0. The van der Waals surface area contributed by atoms with E-state index in [4.69, 9.17) is 0 Å². The average molecular weight is 235 g/mol. The molecule has 1 aromatic rings. The zero-order valence-electron chi connectivity index (χ0n) is 9.70. The van der Waals surface area contributed by atoms with Gasteiger partial charge in [-0.3, -0.25) is 9.59 Å². The lowest BCUT2D eigenvalue weighted by Gasteiger charge is -2.15. The van der Waals surface area contributed by atoms with Crippen molar-refractivity contribution < 1.29 is 14.0 Å². The maximum absolute atomic E-state index is 12.9. The van der Waals surface area contributed by atoms with Crippen molar-refractivity contribution in [3.63, 3.8) is 0 Å². The molecule has 1 heterocycles. The molecule has 0 spiro atoms. The second kappa shape index (κ2) is 4.65. The van der Waals surface area contributed by atoms with Crippen molar-refractivity contribution in [2.24, 2.45) is 0 Å². The van der Waals surface area contributed by atoms with Gasteiger partial charge in [-0.2, -0.15) is 0 Å². The molecule has 1 saturated heterocycles. The van der Waals surface area contributed by atoms with Gasteiger partial charge < -0.3 is 4.90 Å². The SMILES string of the molecule is Cc1cc(F)ccc1CCN1CCC(=O)C1=O. The molecule has 0 N–H and O–H groups in total. The van der Waals surface area contributed by atoms with Crippen molar-refractivity contribution >= 4 is 11.7 Å². The van der Waals surface area contributed by atoms with Crippen LogP contribution in [0.5, 0.6) is 0 Å². The van der Waals surface area contributed by atoms with E-state index in [1.165, 1.54) is 12.1 Å². The Morgan fingerprint density at radius 3 is 2.71 bits per heavy atom. The molecule has 1 aromatic carbocycles. The lowest BCUT2D eigenvalue weighted by molar-refractivity contribution is -0.139. The molecule has 1 amide bonds. The molecule has 17 heavy (non-hydrogen) atoms. The molecule has 0 unspecified atom stereocenters. The van der Waals surface area contributed by atoms with Crippen LogP contribution in [-0.4, -0.2) is 29.7 Å². The molecule has 0 radical (unpaired) electrons. The third-order valence-corrected chi connectivity index (χ3v) is 3.09. The fraction of sp³-hybridized carbons (Fsp3) is 0.385. The van der Waals surface area contributed by atoms with E-state index >= 15 is 0 Å². The van der Waals surface area contributed by atoms with Gasteiger partial charge in [-0.25, -0.2) is 4.39 Å². The fourth-order valence-electron chi connectivity index (χ4n) is 2.03. The van der Waals surface area contributed by atoms with Gasteiger partial charge in [0.25, 0.3) is 5.91 Å². The highest BCUT2D eigenvalue weighted by Gasteiger charge is 2.28. The van der Waals surface area contributed by atoms with Gasteiger partial charge >= 0.3 is 0 Å². The third kappa shape index (κ3) is 2.52. The summed E-state index contributed by atoms with van der Waals surface area (Å²) in [5.74, 6) is -0.940. The first-order chi connectivity index (χ1) is 8.08. The van der Waals surface area contributed by atoms with E-state index in [1.807, 2.05) is 6.92 Å². The van der Waals surface area contributed by atoms with Gasteiger partial charge in [0.1, 0.15) is 5.82 Å². The second-order valence-corrected chi connectivity index (χ2v) is 4.29. The van der Waals surface area contributed by atoms with Crippen LogP contribution in [0, 0.1) is 12.7 Å². The van der Waals surface area contributed by atoms with Crippen molar-refractivity contribution in [3.8, 4) is 0 Å². The summed E-state index contributed by atoms with van der Waals surface area (Å²) in [5, 5.41) is 0. The van der Waals surface area contributed by atoms with E-state index in [-0.39, 0.29) is 17.5 Å². The molecule has 3 nitrogen and oxygen atoms in total. The quantitative estimate of drug-likeness (QED) is 0.744. The maximum Gasteiger partial charge on any atom is 0.290 e. The van der Waals surface area contributed by atoms with Crippen molar-refractivity contribution in [2.75, 3.05) is 13.1 Å². The van der Waals surface area contributed by atoms with Gasteiger partial charge in [0.05, 0.1) is 0 Å². The summed E-state index contributed by atoms with van der Waals surface area (Å²) in [6, 6.07) is 4.62. The summed E-state index contributed by atoms with van der Waals surface area (Å²) in [6.45, 7) is 2.88. The second-order valence-electron chi connectivity index (χ2n) is 4.29. The number of nitrogens with zero attached hydrogens (tertiary/aromatic N) is 1. The van der Waals surface area contributed by atoms with Gasteiger partial charge in [0.15, 0.2) is 0 Å². The normalized spacial score (nSPS) is 15.8. The lowest BCUT2D eigenvalue weighted by atomic mass is 10.1. The number of benzene rings is 1. The van der Waals surface area contributed by atoms with Crippen LogP contribution >= 0.6 is 0 Å². The van der Waals surface area contributed by atoms with Crippen LogP contribution in [0.2, 0.25) is 0 Å². The molecule has 4 heteroatoms. The highest BCUT2D eigenvalue weighted by atomic mass is 19.1. The van der Waals surface area contributed by atoms with Crippen LogP contribution in [0.4, 0.5) is 4.39 Å². The van der Waals surface area contributed by atoms with E-state index < -0.39 is 0 Å². The number of halogens is 1. The summed E-state index contributed by atoms with van der Waals surface area (Å²) in [4.78, 5) is 24.0. The Kier molecular flexibility index (Phi) is 3.22. The largest absolute Gasteiger partial charge is 0.335 e. The number of rotatable bonds is 3. The maximum atomic E-state index is 12.9. The molecule has 2 rings (SSSR count). The molecule has 1 aliphatic rings. The average Bonchev–Trinajstić information content (AvgIpc) is 2.59. The standard InChI is InChI=1S/C13H14FNO2/c1-9-8-11(14)3-2-10(9)4-6-15-7-5-12(16)13(15)17/h2-3,8H,4-7H2,1H3. The van der Waals surface area contributed by atoms with Crippen molar-refractivity contribution in [3.05, 3.63) is 35.1 Å². The van der Waals surface area contributed by atoms with Gasteiger partial charge in [-0.15, -0.1) is 0 Å². The Morgan fingerprint density at radius 2 is 2.12 bits per heavy atom. The van der Waals surface area contributed by atoms with Crippen molar-refractivity contribution in [2.45, 2.75) is 19.8 Å².